The highest BCUT2D eigenvalue weighted by atomic mass is 19.1. The van der Waals surface area contributed by atoms with E-state index in [4.69, 9.17) is 14.6 Å². The number of aliphatic carboxylic acids is 1. The highest BCUT2D eigenvalue weighted by Gasteiger charge is 2.19. The molecule has 2 aromatic carbocycles. The van der Waals surface area contributed by atoms with E-state index in [0.717, 1.165) is 12.1 Å². The lowest BCUT2D eigenvalue weighted by Crippen LogP contribution is -2.28. The van der Waals surface area contributed by atoms with Crippen molar-refractivity contribution in [1.29, 1.82) is 0 Å². The average molecular weight is 393 g/mol. The van der Waals surface area contributed by atoms with Crippen molar-refractivity contribution in [1.82, 2.24) is 5.32 Å². The fourth-order valence-electron chi connectivity index (χ4n) is 2.60. The topological polar surface area (TPSA) is 84.9 Å². The lowest BCUT2D eigenvalue weighted by Gasteiger charge is -2.19. The number of carboxylic acids is 1. The molecule has 2 aromatic rings. The molecule has 150 valence electrons. The van der Waals surface area contributed by atoms with Crippen LogP contribution in [-0.4, -0.2) is 30.2 Å². The van der Waals surface area contributed by atoms with Gasteiger partial charge in [-0.05, 0) is 37.6 Å². The molecule has 0 heterocycles. The molecule has 8 heteroatoms. The largest absolute Gasteiger partial charge is 0.490 e. The molecule has 2 rings (SSSR count). The van der Waals surface area contributed by atoms with Gasteiger partial charge in [-0.25, -0.2) is 13.6 Å². The number of rotatable bonds is 9. The summed E-state index contributed by atoms with van der Waals surface area (Å²) in [6, 6.07) is 6.86. The Morgan fingerprint density at radius 3 is 2.43 bits per heavy atom. The minimum atomic E-state index is -1.14. The summed E-state index contributed by atoms with van der Waals surface area (Å²) in [6.07, 6.45) is 0.395. The lowest BCUT2D eigenvalue weighted by atomic mass is 10.0. The van der Waals surface area contributed by atoms with Gasteiger partial charge >= 0.3 is 5.97 Å². The zero-order chi connectivity index (χ0) is 20.7. The van der Waals surface area contributed by atoms with E-state index in [2.05, 4.69) is 5.32 Å². The Balaban J connectivity index is 2.21. The second-order valence-corrected chi connectivity index (χ2v) is 5.88. The maximum atomic E-state index is 14.0. The molecule has 0 radical (unpaired) electrons. The Bertz CT molecular complexity index is 856. The Morgan fingerprint density at radius 2 is 1.82 bits per heavy atom. The molecule has 28 heavy (non-hydrogen) atoms. The quantitative estimate of drug-likeness (QED) is 0.679. The van der Waals surface area contributed by atoms with Crippen molar-refractivity contribution in [2.24, 2.45) is 0 Å². The van der Waals surface area contributed by atoms with Crippen LogP contribution in [-0.2, 0) is 4.79 Å². The number of halogens is 2. The number of carbonyl (C=O) groups is 2. The Hall–Kier alpha value is -3.16. The van der Waals surface area contributed by atoms with Crippen LogP contribution < -0.4 is 14.8 Å². The monoisotopic (exact) mass is 393 g/mol. The van der Waals surface area contributed by atoms with E-state index in [9.17, 15) is 18.4 Å². The summed E-state index contributed by atoms with van der Waals surface area (Å²) in [5.74, 6) is -2.65. The van der Waals surface area contributed by atoms with Gasteiger partial charge in [0.25, 0.3) is 5.91 Å². The van der Waals surface area contributed by atoms with Crippen LogP contribution in [0.15, 0.2) is 36.4 Å². The first-order valence-corrected chi connectivity index (χ1v) is 8.72. The van der Waals surface area contributed by atoms with Gasteiger partial charge in [-0.2, -0.15) is 0 Å². The van der Waals surface area contributed by atoms with E-state index in [1.54, 1.807) is 13.8 Å². The maximum absolute atomic E-state index is 14.0. The minimum Gasteiger partial charge on any atom is -0.490 e. The van der Waals surface area contributed by atoms with Gasteiger partial charge in [-0.1, -0.05) is 13.0 Å². The van der Waals surface area contributed by atoms with E-state index in [1.165, 1.54) is 24.3 Å². The molecule has 1 amide bonds. The number of ether oxygens (including phenoxy) is 2. The standard InChI is InChI=1S/C20H21F2NO5/c1-3-16(14-7-6-13(21)10-15(14)22)23-20(26)12-5-8-17(28-11-19(24)25)18(9-12)27-4-2/h5-10,16H,3-4,11H2,1-2H3,(H,23,26)(H,24,25). The normalized spacial score (nSPS) is 11.6. The van der Waals surface area contributed by atoms with Crippen molar-refractivity contribution in [3.8, 4) is 11.5 Å². The van der Waals surface area contributed by atoms with Crippen LogP contribution in [0.4, 0.5) is 8.78 Å². The van der Waals surface area contributed by atoms with Crippen molar-refractivity contribution in [3.05, 3.63) is 59.2 Å². The van der Waals surface area contributed by atoms with Gasteiger partial charge in [-0.15, -0.1) is 0 Å². The number of hydrogen-bond acceptors (Lipinski definition) is 4. The third kappa shape index (κ3) is 5.42. The molecule has 0 aliphatic rings. The molecular weight excluding hydrogens is 372 g/mol. The van der Waals surface area contributed by atoms with Crippen molar-refractivity contribution in [2.75, 3.05) is 13.2 Å². The predicted octanol–water partition coefficient (Wildman–Crippen LogP) is 3.71. The van der Waals surface area contributed by atoms with E-state index in [0.29, 0.717) is 6.42 Å². The molecule has 0 bridgehead atoms. The number of carbonyl (C=O) groups excluding carboxylic acids is 1. The molecule has 0 aliphatic carbocycles. The van der Waals surface area contributed by atoms with Crippen LogP contribution in [0.25, 0.3) is 0 Å². The zero-order valence-corrected chi connectivity index (χ0v) is 15.5. The first-order chi connectivity index (χ1) is 13.3. The molecule has 0 aliphatic heterocycles. The van der Waals surface area contributed by atoms with Crippen molar-refractivity contribution >= 4 is 11.9 Å². The van der Waals surface area contributed by atoms with Gasteiger partial charge in [0, 0.05) is 17.2 Å². The fraction of sp³-hybridized carbons (Fsp3) is 0.300. The van der Waals surface area contributed by atoms with Crippen molar-refractivity contribution in [3.63, 3.8) is 0 Å². The Kier molecular flexibility index (Phi) is 7.31. The Labute approximate surface area is 161 Å². The molecule has 0 fully saturated rings. The number of benzene rings is 2. The highest BCUT2D eigenvalue weighted by molar-refractivity contribution is 5.95. The van der Waals surface area contributed by atoms with Gasteiger partial charge in [0.1, 0.15) is 11.6 Å². The van der Waals surface area contributed by atoms with Crippen LogP contribution in [0.2, 0.25) is 0 Å². The predicted molar refractivity (Wildman–Crippen MR) is 97.6 cm³/mol. The molecule has 0 spiro atoms. The molecule has 1 unspecified atom stereocenters. The highest BCUT2D eigenvalue weighted by Crippen LogP contribution is 2.29. The van der Waals surface area contributed by atoms with Crippen LogP contribution in [0, 0.1) is 11.6 Å². The second-order valence-electron chi connectivity index (χ2n) is 5.88. The smallest absolute Gasteiger partial charge is 0.341 e. The summed E-state index contributed by atoms with van der Waals surface area (Å²) in [6.45, 7) is 3.24. The summed E-state index contributed by atoms with van der Waals surface area (Å²) < 4.78 is 37.7. The number of nitrogens with one attached hydrogen (secondary N) is 1. The summed E-state index contributed by atoms with van der Waals surface area (Å²) in [7, 11) is 0. The summed E-state index contributed by atoms with van der Waals surface area (Å²) in [5.41, 5.74) is 0.413. The molecular formula is C20H21F2NO5. The van der Waals surface area contributed by atoms with Crippen LogP contribution in [0.3, 0.4) is 0 Å². The van der Waals surface area contributed by atoms with Gasteiger partial charge in [0.05, 0.1) is 12.6 Å². The number of amides is 1. The van der Waals surface area contributed by atoms with Gasteiger partial charge < -0.3 is 19.9 Å². The van der Waals surface area contributed by atoms with E-state index >= 15 is 0 Å². The summed E-state index contributed by atoms with van der Waals surface area (Å²) >= 11 is 0. The van der Waals surface area contributed by atoms with Crippen LogP contribution >= 0.6 is 0 Å². The van der Waals surface area contributed by atoms with E-state index < -0.39 is 36.2 Å². The first-order valence-electron chi connectivity index (χ1n) is 8.72. The van der Waals surface area contributed by atoms with Crippen LogP contribution in [0.5, 0.6) is 11.5 Å². The molecule has 1 atom stereocenters. The lowest BCUT2D eigenvalue weighted by molar-refractivity contribution is -0.139. The second kappa shape index (κ2) is 9.68. The van der Waals surface area contributed by atoms with E-state index in [1.807, 2.05) is 0 Å². The minimum absolute atomic E-state index is 0.184. The first kappa shape index (κ1) is 21.1. The molecule has 0 saturated carbocycles. The molecule has 2 N–H and O–H groups in total. The molecule has 0 aromatic heterocycles. The average Bonchev–Trinajstić information content (AvgIpc) is 2.65. The van der Waals surface area contributed by atoms with Gasteiger partial charge in [-0.3, -0.25) is 4.79 Å². The zero-order valence-electron chi connectivity index (χ0n) is 15.5. The summed E-state index contributed by atoms with van der Waals surface area (Å²) in [5, 5.41) is 11.4. The SMILES string of the molecule is CCOc1cc(C(=O)NC(CC)c2ccc(F)cc2F)ccc1OCC(=O)O. The van der Waals surface area contributed by atoms with Gasteiger partial charge in [0.15, 0.2) is 18.1 Å². The Morgan fingerprint density at radius 1 is 1.07 bits per heavy atom. The molecule has 0 saturated heterocycles. The van der Waals surface area contributed by atoms with Crippen molar-refractivity contribution in [2.45, 2.75) is 26.3 Å². The van der Waals surface area contributed by atoms with Gasteiger partial charge in [0.2, 0.25) is 0 Å². The number of carboxylic acid groups (broad SMARTS) is 1. The fourth-order valence-corrected chi connectivity index (χ4v) is 2.60. The van der Waals surface area contributed by atoms with E-state index in [-0.39, 0.29) is 29.2 Å². The third-order valence-corrected chi connectivity index (χ3v) is 3.91. The third-order valence-electron chi connectivity index (χ3n) is 3.91. The summed E-state index contributed by atoms with van der Waals surface area (Å²) in [4.78, 5) is 23.3. The van der Waals surface area contributed by atoms with Crippen molar-refractivity contribution < 1.29 is 33.0 Å². The molecule has 6 nitrogen and oxygen atoms in total. The number of hydrogen-bond donors (Lipinski definition) is 2. The maximum Gasteiger partial charge on any atom is 0.341 e. The van der Waals surface area contributed by atoms with Crippen LogP contribution in [0.1, 0.15) is 42.2 Å².